The Hall–Kier alpha value is -2.08. The molecule has 0 aliphatic rings. The van der Waals surface area contributed by atoms with E-state index in [2.05, 4.69) is 12.2 Å². The van der Waals surface area contributed by atoms with Gasteiger partial charge in [-0.15, -0.1) is 0 Å². The number of benzene rings is 1. The number of nitrogens with one attached hydrogen (secondary N) is 1. The first kappa shape index (κ1) is 16.0. The van der Waals surface area contributed by atoms with Crippen molar-refractivity contribution in [3.63, 3.8) is 0 Å². The van der Waals surface area contributed by atoms with Gasteiger partial charge in [-0.2, -0.15) is 0 Å². The molecular weight excluding hydrogens is 262 g/mol. The molecular formula is C14H19NO5. The second kappa shape index (κ2) is 8.16. The number of aryl methyl sites for hydroxylation is 1. The van der Waals surface area contributed by atoms with E-state index >= 15 is 0 Å². The standard InChI is InChI=1S/C14H19NO5/c1-3-10-4-6-11(7-5-10)20-9-13(16)15-8-12(19-2)14(17)18/h4-7,12H,3,8-9H2,1-2H3,(H,15,16)(H,17,18). The van der Waals surface area contributed by atoms with E-state index in [1.165, 1.54) is 12.7 Å². The van der Waals surface area contributed by atoms with Gasteiger partial charge in [0.15, 0.2) is 12.7 Å². The minimum Gasteiger partial charge on any atom is -0.484 e. The third-order valence-corrected chi connectivity index (χ3v) is 2.75. The molecule has 1 atom stereocenters. The Bertz CT molecular complexity index is 443. The minimum absolute atomic E-state index is 0.0944. The minimum atomic E-state index is -1.12. The number of aliphatic carboxylic acids is 1. The second-order valence-corrected chi connectivity index (χ2v) is 4.15. The molecule has 6 nitrogen and oxygen atoms in total. The highest BCUT2D eigenvalue weighted by Crippen LogP contribution is 2.12. The van der Waals surface area contributed by atoms with Gasteiger partial charge in [-0.05, 0) is 24.1 Å². The topological polar surface area (TPSA) is 84.9 Å². The van der Waals surface area contributed by atoms with Crippen molar-refractivity contribution in [1.29, 1.82) is 0 Å². The van der Waals surface area contributed by atoms with E-state index < -0.39 is 18.0 Å². The Morgan fingerprint density at radius 3 is 2.45 bits per heavy atom. The molecule has 0 aliphatic carbocycles. The lowest BCUT2D eigenvalue weighted by molar-refractivity contribution is -0.148. The normalized spacial score (nSPS) is 11.7. The summed E-state index contributed by atoms with van der Waals surface area (Å²) in [7, 11) is 1.27. The number of ether oxygens (including phenoxy) is 2. The van der Waals surface area contributed by atoms with Gasteiger partial charge in [-0.25, -0.2) is 4.79 Å². The van der Waals surface area contributed by atoms with Gasteiger partial charge in [0.2, 0.25) is 0 Å². The van der Waals surface area contributed by atoms with Crippen LogP contribution < -0.4 is 10.1 Å². The van der Waals surface area contributed by atoms with Crippen molar-refractivity contribution in [3.05, 3.63) is 29.8 Å². The van der Waals surface area contributed by atoms with Crippen molar-refractivity contribution >= 4 is 11.9 Å². The first-order chi connectivity index (χ1) is 9.56. The van der Waals surface area contributed by atoms with Gasteiger partial charge in [0.1, 0.15) is 5.75 Å². The number of methoxy groups -OCH3 is 1. The first-order valence-corrected chi connectivity index (χ1v) is 6.30. The summed E-state index contributed by atoms with van der Waals surface area (Å²) in [6.07, 6.45) is -0.114. The van der Waals surface area contributed by atoms with Gasteiger partial charge in [-0.1, -0.05) is 19.1 Å². The average Bonchev–Trinajstić information content (AvgIpc) is 2.46. The lowest BCUT2D eigenvalue weighted by Crippen LogP contribution is -2.39. The Morgan fingerprint density at radius 1 is 1.30 bits per heavy atom. The molecule has 1 aromatic carbocycles. The van der Waals surface area contributed by atoms with E-state index in [1.54, 1.807) is 12.1 Å². The van der Waals surface area contributed by atoms with E-state index in [4.69, 9.17) is 14.6 Å². The van der Waals surface area contributed by atoms with Crippen LogP contribution in [0.1, 0.15) is 12.5 Å². The fourth-order valence-corrected chi connectivity index (χ4v) is 1.50. The molecule has 0 aliphatic heterocycles. The van der Waals surface area contributed by atoms with E-state index in [9.17, 15) is 9.59 Å². The molecule has 0 saturated heterocycles. The van der Waals surface area contributed by atoms with E-state index in [1.807, 2.05) is 12.1 Å². The highest BCUT2D eigenvalue weighted by molar-refractivity contribution is 5.79. The maximum atomic E-state index is 11.5. The highest BCUT2D eigenvalue weighted by atomic mass is 16.5. The van der Waals surface area contributed by atoms with Crippen LogP contribution in [0, 0.1) is 0 Å². The van der Waals surface area contributed by atoms with Crippen LogP contribution in [0.15, 0.2) is 24.3 Å². The second-order valence-electron chi connectivity index (χ2n) is 4.15. The summed E-state index contributed by atoms with van der Waals surface area (Å²) in [5.41, 5.74) is 1.19. The summed E-state index contributed by atoms with van der Waals surface area (Å²) in [6, 6.07) is 7.44. The number of hydrogen-bond donors (Lipinski definition) is 2. The van der Waals surface area contributed by atoms with Crippen LogP contribution in [0.3, 0.4) is 0 Å². The fourth-order valence-electron chi connectivity index (χ4n) is 1.50. The van der Waals surface area contributed by atoms with Crippen LogP contribution in [-0.2, 0) is 20.7 Å². The van der Waals surface area contributed by atoms with Gasteiger partial charge >= 0.3 is 5.97 Å². The SMILES string of the molecule is CCc1ccc(OCC(=O)NCC(OC)C(=O)O)cc1. The smallest absolute Gasteiger partial charge is 0.334 e. The number of hydrogen-bond acceptors (Lipinski definition) is 4. The van der Waals surface area contributed by atoms with Gasteiger partial charge in [0.25, 0.3) is 5.91 Å². The van der Waals surface area contributed by atoms with E-state index in [-0.39, 0.29) is 13.2 Å². The molecule has 0 aromatic heterocycles. The predicted molar refractivity (Wildman–Crippen MR) is 72.8 cm³/mol. The molecule has 110 valence electrons. The third-order valence-electron chi connectivity index (χ3n) is 2.75. The number of amides is 1. The molecule has 0 bridgehead atoms. The summed E-state index contributed by atoms with van der Waals surface area (Å²) in [5, 5.41) is 11.2. The third kappa shape index (κ3) is 5.27. The van der Waals surface area contributed by atoms with E-state index in [0.717, 1.165) is 6.42 Å². The van der Waals surface area contributed by atoms with Gasteiger partial charge < -0.3 is 19.9 Å². The molecule has 1 aromatic rings. The number of carbonyl (C=O) groups is 2. The largest absolute Gasteiger partial charge is 0.484 e. The zero-order valence-corrected chi connectivity index (χ0v) is 11.6. The predicted octanol–water partition coefficient (Wildman–Crippen LogP) is 0.844. The molecule has 0 saturated carbocycles. The highest BCUT2D eigenvalue weighted by Gasteiger charge is 2.17. The first-order valence-electron chi connectivity index (χ1n) is 6.30. The maximum Gasteiger partial charge on any atom is 0.334 e. The summed E-state index contributed by atoms with van der Waals surface area (Å²) in [6.45, 7) is 1.79. The summed E-state index contributed by atoms with van der Waals surface area (Å²) >= 11 is 0. The quantitative estimate of drug-likeness (QED) is 0.737. The monoisotopic (exact) mass is 281 g/mol. The van der Waals surface area contributed by atoms with Crippen LogP contribution in [-0.4, -0.2) is 43.3 Å². The number of carboxylic acids is 1. The van der Waals surface area contributed by atoms with Crippen molar-refractivity contribution in [2.45, 2.75) is 19.4 Å². The number of carboxylic acid groups (broad SMARTS) is 1. The lowest BCUT2D eigenvalue weighted by Gasteiger charge is -2.12. The van der Waals surface area contributed by atoms with Crippen molar-refractivity contribution in [1.82, 2.24) is 5.32 Å². The van der Waals surface area contributed by atoms with Crippen molar-refractivity contribution < 1.29 is 24.2 Å². The average molecular weight is 281 g/mol. The fraction of sp³-hybridized carbons (Fsp3) is 0.429. The Balaban J connectivity index is 2.33. The molecule has 6 heteroatoms. The van der Waals surface area contributed by atoms with Crippen LogP contribution in [0.5, 0.6) is 5.75 Å². The molecule has 2 N–H and O–H groups in total. The Kier molecular flexibility index (Phi) is 6.52. The molecule has 0 radical (unpaired) electrons. The van der Waals surface area contributed by atoms with Gasteiger partial charge in [0, 0.05) is 7.11 Å². The zero-order chi connectivity index (χ0) is 15.0. The molecule has 1 rings (SSSR count). The molecule has 0 heterocycles. The van der Waals surface area contributed by atoms with Crippen molar-refractivity contribution in [2.24, 2.45) is 0 Å². The Morgan fingerprint density at radius 2 is 1.95 bits per heavy atom. The maximum absolute atomic E-state index is 11.5. The molecule has 1 amide bonds. The number of rotatable bonds is 8. The number of carbonyl (C=O) groups excluding carboxylic acids is 1. The zero-order valence-electron chi connectivity index (χ0n) is 11.6. The lowest BCUT2D eigenvalue weighted by atomic mass is 10.2. The molecule has 0 spiro atoms. The molecule has 1 unspecified atom stereocenters. The summed E-state index contributed by atoms with van der Waals surface area (Å²) in [5.74, 6) is -0.921. The molecule has 0 fully saturated rings. The van der Waals surface area contributed by atoms with E-state index in [0.29, 0.717) is 5.75 Å². The van der Waals surface area contributed by atoms with Crippen molar-refractivity contribution in [2.75, 3.05) is 20.3 Å². The van der Waals surface area contributed by atoms with Crippen molar-refractivity contribution in [3.8, 4) is 5.75 Å². The molecule has 20 heavy (non-hydrogen) atoms. The summed E-state index contributed by atoms with van der Waals surface area (Å²) < 4.78 is 9.99. The van der Waals surface area contributed by atoms with Crippen LogP contribution in [0.2, 0.25) is 0 Å². The van der Waals surface area contributed by atoms with Crippen LogP contribution in [0.4, 0.5) is 0 Å². The van der Waals surface area contributed by atoms with Gasteiger partial charge in [-0.3, -0.25) is 4.79 Å². The van der Waals surface area contributed by atoms with Crippen LogP contribution in [0.25, 0.3) is 0 Å². The van der Waals surface area contributed by atoms with Gasteiger partial charge in [0.05, 0.1) is 6.54 Å². The van der Waals surface area contributed by atoms with Crippen LogP contribution >= 0.6 is 0 Å². The Labute approximate surface area is 117 Å². The summed E-state index contributed by atoms with van der Waals surface area (Å²) in [4.78, 5) is 22.2.